The standard InChI is InChI=1S/C26H30N4O3/c1-28-26(32)30(21-7-5-6-8-21)24(27-28)19-15-17-29(18-16-19)25(31)20-11-13-23(14-12-20)33-22-9-3-2-4-10-22/h2-4,9-14,19,21H,5-8,15-18H2,1H3. The fourth-order valence-electron chi connectivity index (χ4n) is 5.10. The van der Waals surface area contributed by atoms with E-state index in [4.69, 9.17) is 4.74 Å². The van der Waals surface area contributed by atoms with Crippen molar-refractivity contribution in [2.45, 2.75) is 50.5 Å². The summed E-state index contributed by atoms with van der Waals surface area (Å²) in [6.07, 6.45) is 6.11. The average molecular weight is 447 g/mol. The SMILES string of the molecule is Cn1nc(C2CCN(C(=O)c3ccc(Oc4ccccc4)cc3)CC2)n(C2CCCC2)c1=O. The molecule has 0 unspecified atom stereocenters. The van der Waals surface area contributed by atoms with E-state index < -0.39 is 0 Å². The summed E-state index contributed by atoms with van der Waals surface area (Å²) < 4.78 is 9.25. The van der Waals surface area contributed by atoms with Crippen molar-refractivity contribution in [2.24, 2.45) is 7.05 Å². The lowest BCUT2D eigenvalue weighted by Gasteiger charge is -2.32. The van der Waals surface area contributed by atoms with Gasteiger partial charge in [0.2, 0.25) is 0 Å². The molecule has 0 atom stereocenters. The molecule has 7 heteroatoms. The minimum absolute atomic E-state index is 0.00628. The van der Waals surface area contributed by atoms with Gasteiger partial charge in [-0.3, -0.25) is 9.36 Å². The highest BCUT2D eigenvalue weighted by atomic mass is 16.5. The maximum absolute atomic E-state index is 13.1. The second kappa shape index (κ2) is 9.25. The number of aryl methyl sites for hydroxylation is 1. The van der Waals surface area contributed by atoms with Gasteiger partial charge in [0.1, 0.15) is 17.3 Å². The van der Waals surface area contributed by atoms with Crippen molar-refractivity contribution in [1.82, 2.24) is 19.2 Å². The molecule has 2 aromatic carbocycles. The zero-order valence-electron chi connectivity index (χ0n) is 19.0. The number of rotatable bonds is 5. The Morgan fingerprint density at radius 1 is 0.909 bits per heavy atom. The van der Waals surface area contributed by atoms with Gasteiger partial charge in [0.25, 0.3) is 5.91 Å². The van der Waals surface area contributed by atoms with Gasteiger partial charge < -0.3 is 9.64 Å². The second-order valence-electron chi connectivity index (χ2n) is 9.08. The van der Waals surface area contributed by atoms with Crippen LogP contribution in [0.1, 0.15) is 66.7 Å². The Morgan fingerprint density at radius 3 is 2.21 bits per heavy atom. The Bertz CT molecular complexity index is 1150. The zero-order chi connectivity index (χ0) is 22.8. The molecule has 0 N–H and O–H groups in total. The first-order valence-electron chi connectivity index (χ1n) is 11.9. The molecule has 1 aliphatic carbocycles. The van der Waals surface area contributed by atoms with Crippen LogP contribution in [0.2, 0.25) is 0 Å². The molecule has 2 aliphatic rings. The van der Waals surface area contributed by atoms with E-state index in [0.717, 1.165) is 37.3 Å². The maximum Gasteiger partial charge on any atom is 0.345 e. The van der Waals surface area contributed by atoms with Gasteiger partial charge in [-0.05, 0) is 62.1 Å². The van der Waals surface area contributed by atoms with Gasteiger partial charge in [0.15, 0.2) is 0 Å². The Hall–Kier alpha value is -3.35. The summed E-state index contributed by atoms with van der Waals surface area (Å²) in [6.45, 7) is 1.34. The van der Waals surface area contributed by atoms with E-state index in [1.807, 2.05) is 64.1 Å². The summed E-state index contributed by atoms with van der Waals surface area (Å²) in [5, 5.41) is 4.60. The van der Waals surface area contributed by atoms with Gasteiger partial charge in [0.05, 0.1) is 0 Å². The van der Waals surface area contributed by atoms with Gasteiger partial charge in [-0.2, -0.15) is 5.10 Å². The van der Waals surface area contributed by atoms with Gasteiger partial charge in [-0.15, -0.1) is 0 Å². The number of carbonyl (C=O) groups is 1. The molecule has 5 rings (SSSR count). The second-order valence-corrected chi connectivity index (χ2v) is 9.08. The molecule has 1 aliphatic heterocycles. The number of piperidine rings is 1. The quantitative estimate of drug-likeness (QED) is 0.578. The molecule has 3 aromatic rings. The first-order chi connectivity index (χ1) is 16.1. The van der Waals surface area contributed by atoms with Crippen LogP contribution in [0.3, 0.4) is 0 Å². The third-order valence-corrected chi connectivity index (χ3v) is 6.90. The fraction of sp³-hybridized carbons (Fsp3) is 0.423. The molecule has 2 fully saturated rings. The minimum atomic E-state index is -0.00628. The first-order valence-corrected chi connectivity index (χ1v) is 11.9. The summed E-state index contributed by atoms with van der Waals surface area (Å²) in [4.78, 5) is 27.7. The largest absolute Gasteiger partial charge is 0.457 e. The van der Waals surface area contributed by atoms with Crippen molar-refractivity contribution >= 4 is 5.91 Å². The monoisotopic (exact) mass is 446 g/mol. The molecular weight excluding hydrogens is 416 g/mol. The van der Waals surface area contributed by atoms with Crippen molar-refractivity contribution < 1.29 is 9.53 Å². The maximum atomic E-state index is 13.1. The molecule has 7 nitrogen and oxygen atoms in total. The Morgan fingerprint density at radius 2 is 1.55 bits per heavy atom. The molecule has 0 radical (unpaired) electrons. The van der Waals surface area contributed by atoms with E-state index in [2.05, 4.69) is 5.10 Å². The number of hydrogen-bond donors (Lipinski definition) is 0. The van der Waals surface area contributed by atoms with E-state index in [9.17, 15) is 9.59 Å². The number of para-hydroxylation sites is 1. The topological polar surface area (TPSA) is 69.4 Å². The first kappa shape index (κ1) is 21.5. The van der Waals surface area contributed by atoms with Crippen LogP contribution in [0.25, 0.3) is 0 Å². The van der Waals surface area contributed by atoms with Crippen molar-refractivity contribution in [3.63, 3.8) is 0 Å². The third kappa shape index (κ3) is 4.45. The molecule has 2 heterocycles. The van der Waals surface area contributed by atoms with Crippen molar-refractivity contribution in [3.8, 4) is 11.5 Å². The van der Waals surface area contributed by atoms with E-state index >= 15 is 0 Å². The summed E-state index contributed by atoms with van der Waals surface area (Å²) in [7, 11) is 1.74. The smallest absolute Gasteiger partial charge is 0.345 e. The molecular formula is C26H30N4O3. The van der Waals surface area contributed by atoms with Crippen LogP contribution in [0.4, 0.5) is 0 Å². The lowest BCUT2D eigenvalue weighted by molar-refractivity contribution is 0.0709. The Labute approximate surface area is 193 Å². The number of ether oxygens (including phenoxy) is 1. The number of amides is 1. The molecule has 0 bridgehead atoms. The summed E-state index contributed by atoms with van der Waals surface area (Å²) >= 11 is 0. The number of carbonyl (C=O) groups excluding carboxylic acids is 1. The number of nitrogens with zero attached hydrogens (tertiary/aromatic N) is 4. The van der Waals surface area contributed by atoms with Crippen molar-refractivity contribution in [3.05, 3.63) is 76.5 Å². The van der Waals surface area contributed by atoms with Crippen LogP contribution in [0.5, 0.6) is 11.5 Å². The van der Waals surface area contributed by atoms with E-state index in [1.165, 1.54) is 17.5 Å². The third-order valence-electron chi connectivity index (χ3n) is 6.90. The average Bonchev–Trinajstić information content (AvgIpc) is 3.48. The lowest BCUT2D eigenvalue weighted by atomic mass is 9.95. The lowest BCUT2D eigenvalue weighted by Crippen LogP contribution is -2.38. The van der Waals surface area contributed by atoms with Gasteiger partial charge in [-0.25, -0.2) is 9.48 Å². The van der Waals surface area contributed by atoms with Crippen LogP contribution < -0.4 is 10.4 Å². The highest BCUT2D eigenvalue weighted by Gasteiger charge is 2.31. The molecule has 1 saturated heterocycles. The molecule has 0 spiro atoms. The summed E-state index contributed by atoms with van der Waals surface area (Å²) in [5.41, 5.74) is 0.655. The summed E-state index contributed by atoms with van der Waals surface area (Å²) in [5.74, 6) is 2.63. The number of likely N-dealkylation sites (tertiary alicyclic amines) is 1. The van der Waals surface area contributed by atoms with Crippen LogP contribution in [0, 0.1) is 0 Å². The van der Waals surface area contributed by atoms with Crippen molar-refractivity contribution in [2.75, 3.05) is 13.1 Å². The Kier molecular flexibility index (Phi) is 6.03. The van der Waals surface area contributed by atoms with Gasteiger partial charge in [0, 0.05) is 37.7 Å². The van der Waals surface area contributed by atoms with E-state index in [0.29, 0.717) is 24.4 Å². The highest BCUT2D eigenvalue weighted by Crippen LogP contribution is 2.34. The van der Waals surface area contributed by atoms with Gasteiger partial charge >= 0.3 is 5.69 Å². The van der Waals surface area contributed by atoms with Gasteiger partial charge in [-0.1, -0.05) is 31.0 Å². The molecule has 33 heavy (non-hydrogen) atoms. The number of hydrogen-bond acceptors (Lipinski definition) is 4. The molecule has 172 valence electrons. The predicted octanol–water partition coefficient (Wildman–Crippen LogP) is 4.51. The van der Waals surface area contributed by atoms with Crippen LogP contribution in [-0.4, -0.2) is 38.2 Å². The highest BCUT2D eigenvalue weighted by molar-refractivity contribution is 5.94. The zero-order valence-corrected chi connectivity index (χ0v) is 19.0. The van der Waals surface area contributed by atoms with Crippen LogP contribution in [0.15, 0.2) is 59.4 Å². The van der Waals surface area contributed by atoms with Crippen LogP contribution >= 0.6 is 0 Å². The molecule has 1 saturated carbocycles. The fourth-order valence-corrected chi connectivity index (χ4v) is 5.10. The normalized spacial score (nSPS) is 17.4. The summed E-state index contributed by atoms with van der Waals surface area (Å²) in [6, 6.07) is 17.2. The van der Waals surface area contributed by atoms with Crippen molar-refractivity contribution in [1.29, 1.82) is 0 Å². The van der Waals surface area contributed by atoms with E-state index in [-0.39, 0.29) is 23.6 Å². The number of aromatic nitrogens is 3. The predicted molar refractivity (Wildman–Crippen MR) is 126 cm³/mol. The minimum Gasteiger partial charge on any atom is -0.457 e. The number of benzene rings is 2. The molecule has 1 amide bonds. The Balaban J connectivity index is 1.23. The molecule has 1 aromatic heterocycles. The van der Waals surface area contributed by atoms with Crippen LogP contribution in [-0.2, 0) is 7.05 Å². The van der Waals surface area contributed by atoms with E-state index in [1.54, 1.807) is 7.05 Å².